The lowest BCUT2D eigenvalue weighted by Crippen LogP contribution is -2.12. The Balaban J connectivity index is 2.04. The second kappa shape index (κ2) is 6.37. The summed E-state index contributed by atoms with van der Waals surface area (Å²) in [6.45, 7) is 0.266. The van der Waals surface area contributed by atoms with Gasteiger partial charge in [-0.05, 0) is 51.8 Å². The Labute approximate surface area is 124 Å². The lowest BCUT2D eigenvalue weighted by Gasteiger charge is -2.14. The van der Waals surface area contributed by atoms with Gasteiger partial charge in [0.25, 0.3) is 0 Å². The summed E-state index contributed by atoms with van der Waals surface area (Å²) in [5.74, 6) is -0.361. The first-order valence-corrected chi connectivity index (χ1v) is 6.86. The summed E-state index contributed by atoms with van der Waals surface area (Å²) >= 11 is 9.28. The number of rotatable bonds is 4. The molecule has 0 aliphatic rings. The average Bonchev–Trinajstić information content (AvgIpc) is 2.39. The van der Waals surface area contributed by atoms with Crippen molar-refractivity contribution in [2.45, 2.75) is 6.10 Å². The molecule has 5 heteroatoms. The van der Waals surface area contributed by atoms with Crippen molar-refractivity contribution < 1.29 is 9.50 Å². The molecule has 100 valence electrons. The second-order valence-corrected chi connectivity index (χ2v) is 5.37. The summed E-state index contributed by atoms with van der Waals surface area (Å²) < 4.78 is 13.9. The molecule has 0 aromatic heterocycles. The first-order valence-electron chi connectivity index (χ1n) is 5.69. The molecule has 0 bridgehead atoms. The van der Waals surface area contributed by atoms with Gasteiger partial charge in [-0.2, -0.15) is 0 Å². The molecule has 0 saturated carbocycles. The molecule has 2 nitrogen and oxygen atoms in total. The van der Waals surface area contributed by atoms with Gasteiger partial charge >= 0.3 is 0 Å². The minimum absolute atomic E-state index is 0.266. The van der Waals surface area contributed by atoms with E-state index in [2.05, 4.69) is 21.2 Å². The van der Waals surface area contributed by atoms with Crippen molar-refractivity contribution in [1.82, 2.24) is 0 Å². The van der Waals surface area contributed by atoms with Crippen LogP contribution in [0.25, 0.3) is 0 Å². The molecule has 2 rings (SSSR count). The molecular formula is C14H12BrClFNO. The Morgan fingerprint density at radius 1 is 1.26 bits per heavy atom. The molecule has 19 heavy (non-hydrogen) atoms. The average molecular weight is 345 g/mol. The first kappa shape index (κ1) is 14.3. The monoisotopic (exact) mass is 343 g/mol. The van der Waals surface area contributed by atoms with Crippen molar-refractivity contribution >= 4 is 33.2 Å². The van der Waals surface area contributed by atoms with Gasteiger partial charge in [-0.1, -0.05) is 23.7 Å². The minimum atomic E-state index is -0.790. The van der Waals surface area contributed by atoms with Gasteiger partial charge in [0.2, 0.25) is 0 Å². The van der Waals surface area contributed by atoms with Crippen molar-refractivity contribution in [2.75, 3.05) is 11.9 Å². The van der Waals surface area contributed by atoms with Crippen LogP contribution in [-0.4, -0.2) is 11.7 Å². The Morgan fingerprint density at radius 3 is 2.79 bits per heavy atom. The standard InChI is InChI=1S/C14H12BrClFNO/c15-12-5-4-10(16)7-13(12)18-8-14(19)9-2-1-3-11(17)6-9/h1-7,14,18-19H,8H2. The van der Waals surface area contributed by atoms with Crippen LogP contribution in [0, 0.1) is 5.82 Å². The fraction of sp³-hybridized carbons (Fsp3) is 0.143. The van der Waals surface area contributed by atoms with Crippen molar-refractivity contribution in [2.24, 2.45) is 0 Å². The largest absolute Gasteiger partial charge is 0.387 e. The van der Waals surface area contributed by atoms with E-state index >= 15 is 0 Å². The third kappa shape index (κ3) is 3.93. The molecule has 0 aliphatic carbocycles. The van der Waals surface area contributed by atoms with Crippen molar-refractivity contribution in [3.05, 3.63) is 63.3 Å². The summed E-state index contributed by atoms with van der Waals surface area (Å²) in [6, 6.07) is 11.3. The van der Waals surface area contributed by atoms with E-state index in [4.69, 9.17) is 11.6 Å². The van der Waals surface area contributed by atoms with Crippen LogP contribution >= 0.6 is 27.5 Å². The number of aliphatic hydroxyl groups excluding tert-OH is 1. The van der Waals surface area contributed by atoms with Gasteiger partial charge < -0.3 is 10.4 Å². The van der Waals surface area contributed by atoms with E-state index in [1.807, 2.05) is 6.07 Å². The Bertz CT molecular complexity index is 579. The number of halogens is 3. The van der Waals surface area contributed by atoms with Gasteiger partial charge in [-0.15, -0.1) is 0 Å². The van der Waals surface area contributed by atoms with Crippen LogP contribution in [0.4, 0.5) is 10.1 Å². The molecule has 2 N–H and O–H groups in total. The molecule has 1 unspecified atom stereocenters. The zero-order chi connectivity index (χ0) is 13.8. The van der Waals surface area contributed by atoms with Crippen molar-refractivity contribution in [3.8, 4) is 0 Å². The molecule has 2 aromatic carbocycles. The molecule has 0 radical (unpaired) electrons. The van der Waals surface area contributed by atoms with Crippen LogP contribution in [0.5, 0.6) is 0 Å². The number of hydrogen-bond acceptors (Lipinski definition) is 2. The zero-order valence-corrected chi connectivity index (χ0v) is 12.2. The van der Waals surface area contributed by atoms with Crippen LogP contribution in [-0.2, 0) is 0 Å². The summed E-state index contributed by atoms with van der Waals surface area (Å²) in [6.07, 6.45) is -0.790. The number of benzene rings is 2. The van der Waals surface area contributed by atoms with Gasteiger partial charge in [-0.3, -0.25) is 0 Å². The normalized spacial score (nSPS) is 12.2. The highest BCUT2D eigenvalue weighted by molar-refractivity contribution is 9.10. The molecule has 2 aromatic rings. The second-order valence-electron chi connectivity index (χ2n) is 4.08. The Hall–Kier alpha value is -1.10. The minimum Gasteiger partial charge on any atom is -0.387 e. The third-order valence-electron chi connectivity index (χ3n) is 2.65. The lowest BCUT2D eigenvalue weighted by atomic mass is 10.1. The predicted molar refractivity (Wildman–Crippen MR) is 79.0 cm³/mol. The van der Waals surface area contributed by atoms with Gasteiger partial charge in [0.05, 0.1) is 11.8 Å². The van der Waals surface area contributed by atoms with Crippen LogP contribution in [0.2, 0.25) is 5.02 Å². The molecule has 0 heterocycles. The maximum Gasteiger partial charge on any atom is 0.123 e. The highest BCUT2D eigenvalue weighted by Gasteiger charge is 2.09. The van der Waals surface area contributed by atoms with Crippen LogP contribution < -0.4 is 5.32 Å². The summed E-state index contributed by atoms with van der Waals surface area (Å²) in [7, 11) is 0. The van der Waals surface area contributed by atoms with Gasteiger partial charge in [0.1, 0.15) is 5.82 Å². The fourth-order valence-electron chi connectivity index (χ4n) is 1.67. The number of aliphatic hydroxyl groups is 1. The van der Waals surface area contributed by atoms with Gasteiger partial charge in [0, 0.05) is 16.0 Å². The maximum absolute atomic E-state index is 13.1. The topological polar surface area (TPSA) is 32.3 Å². The molecule has 0 saturated heterocycles. The molecule has 0 fully saturated rings. The van der Waals surface area contributed by atoms with Crippen LogP contribution in [0.15, 0.2) is 46.9 Å². The summed E-state index contributed by atoms with van der Waals surface area (Å²) in [5, 5.41) is 13.7. The van der Waals surface area contributed by atoms with E-state index in [0.717, 1.165) is 10.2 Å². The third-order valence-corrected chi connectivity index (χ3v) is 3.57. The van der Waals surface area contributed by atoms with Crippen molar-refractivity contribution in [3.63, 3.8) is 0 Å². The van der Waals surface area contributed by atoms with E-state index in [0.29, 0.717) is 10.6 Å². The molecule has 0 aliphatic heterocycles. The summed E-state index contributed by atoms with van der Waals surface area (Å²) in [5.41, 5.74) is 1.31. The van der Waals surface area contributed by atoms with E-state index < -0.39 is 6.10 Å². The smallest absolute Gasteiger partial charge is 0.123 e. The SMILES string of the molecule is OC(CNc1cc(Cl)ccc1Br)c1cccc(F)c1. The van der Waals surface area contributed by atoms with Crippen molar-refractivity contribution in [1.29, 1.82) is 0 Å². The van der Waals surface area contributed by atoms with Crippen LogP contribution in [0.3, 0.4) is 0 Å². The van der Waals surface area contributed by atoms with Crippen LogP contribution in [0.1, 0.15) is 11.7 Å². The molecule has 0 amide bonds. The number of hydrogen-bond donors (Lipinski definition) is 2. The molecule has 1 atom stereocenters. The lowest BCUT2D eigenvalue weighted by molar-refractivity contribution is 0.191. The number of nitrogens with one attached hydrogen (secondary N) is 1. The molecular weight excluding hydrogens is 333 g/mol. The van der Waals surface area contributed by atoms with E-state index in [-0.39, 0.29) is 12.4 Å². The van der Waals surface area contributed by atoms with E-state index in [9.17, 15) is 9.50 Å². The Morgan fingerprint density at radius 2 is 2.05 bits per heavy atom. The quantitative estimate of drug-likeness (QED) is 0.862. The fourth-order valence-corrected chi connectivity index (χ4v) is 2.23. The highest BCUT2D eigenvalue weighted by Crippen LogP contribution is 2.26. The van der Waals surface area contributed by atoms with Gasteiger partial charge in [-0.25, -0.2) is 4.39 Å². The predicted octanol–water partition coefficient (Wildman–Crippen LogP) is 4.39. The first-order chi connectivity index (χ1) is 9.06. The van der Waals surface area contributed by atoms with E-state index in [1.54, 1.807) is 24.3 Å². The Kier molecular flexibility index (Phi) is 4.80. The van der Waals surface area contributed by atoms with E-state index in [1.165, 1.54) is 12.1 Å². The van der Waals surface area contributed by atoms with Gasteiger partial charge in [0.15, 0.2) is 0 Å². The maximum atomic E-state index is 13.1. The highest BCUT2D eigenvalue weighted by atomic mass is 79.9. The molecule has 0 spiro atoms. The summed E-state index contributed by atoms with van der Waals surface area (Å²) in [4.78, 5) is 0. The number of anilines is 1. The zero-order valence-electron chi connectivity index (χ0n) is 9.91.